The molecule has 2 aliphatic carbocycles. The lowest BCUT2D eigenvalue weighted by atomic mass is 9.82. The summed E-state index contributed by atoms with van der Waals surface area (Å²) in [5.41, 5.74) is 4.18. The van der Waals surface area contributed by atoms with Crippen molar-refractivity contribution >= 4 is 23.1 Å². The number of hydrogen-bond acceptors (Lipinski definition) is 5. The Labute approximate surface area is 202 Å². The van der Waals surface area contributed by atoms with E-state index in [1.54, 1.807) is 6.20 Å². The first-order valence-corrected chi connectivity index (χ1v) is 13.0. The van der Waals surface area contributed by atoms with Crippen LogP contribution >= 0.6 is 0 Å². The van der Waals surface area contributed by atoms with Gasteiger partial charge in [-0.15, -0.1) is 0 Å². The van der Waals surface area contributed by atoms with Gasteiger partial charge in [-0.3, -0.25) is 4.79 Å². The SMILES string of the molecule is CC(C)O[C@H]1CC[C@H](C(=O)N2Cc3cccnc3Nc3ccc(C4CCC(O)CC4)cc32)CC1. The van der Waals surface area contributed by atoms with Crippen molar-refractivity contribution in [1.29, 1.82) is 0 Å². The molecule has 0 atom stereocenters. The molecule has 0 saturated heterocycles. The van der Waals surface area contributed by atoms with E-state index in [-0.39, 0.29) is 30.1 Å². The molecule has 5 rings (SSSR count). The normalized spacial score (nSPS) is 26.9. The smallest absolute Gasteiger partial charge is 0.230 e. The average molecular weight is 464 g/mol. The maximum absolute atomic E-state index is 13.9. The molecule has 1 aliphatic heterocycles. The standard InChI is InChI=1S/C28H37N3O3/c1-18(2)34-24-12-7-20(8-13-24)28(33)31-17-22-4-3-15-29-27(22)30-25-14-9-21(16-26(25)31)19-5-10-23(32)11-6-19/h3-4,9,14-16,18-20,23-24,32H,5-8,10-13,17H2,1-2H3,(H,29,30)/t19?,20-,23?,24-. The number of rotatable bonds is 4. The lowest BCUT2D eigenvalue weighted by Gasteiger charge is -2.33. The van der Waals surface area contributed by atoms with Crippen molar-refractivity contribution in [1.82, 2.24) is 4.98 Å². The van der Waals surface area contributed by atoms with Crippen LogP contribution in [0.2, 0.25) is 0 Å². The molecule has 6 nitrogen and oxygen atoms in total. The van der Waals surface area contributed by atoms with Gasteiger partial charge in [0, 0.05) is 17.7 Å². The van der Waals surface area contributed by atoms with Gasteiger partial charge in [-0.05, 0) is 94.9 Å². The van der Waals surface area contributed by atoms with E-state index in [9.17, 15) is 9.90 Å². The summed E-state index contributed by atoms with van der Waals surface area (Å²) in [6, 6.07) is 10.5. The minimum atomic E-state index is -0.174. The number of aliphatic hydroxyl groups is 1. The van der Waals surface area contributed by atoms with Gasteiger partial charge < -0.3 is 20.1 Å². The van der Waals surface area contributed by atoms with Crippen LogP contribution < -0.4 is 10.2 Å². The summed E-state index contributed by atoms with van der Waals surface area (Å²) >= 11 is 0. The number of carbonyl (C=O) groups is 1. The molecule has 182 valence electrons. The minimum Gasteiger partial charge on any atom is -0.393 e. The number of aromatic nitrogens is 1. The number of hydrogen-bond donors (Lipinski definition) is 2. The van der Waals surface area contributed by atoms with Crippen molar-refractivity contribution in [2.24, 2.45) is 5.92 Å². The second kappa shape index (κ2) is 10.0. The van der Waals surface area contributed by atoms with Crippen LogP contribution in [0.3, 0.4) is 0 Å². The number of anilines is 3. The summed E-state index contributed by atoms with van der Waals surface area (Å²) in [4.78, 5) is 20.5. The second-order valence-corrected chi connectivity index (χ2v) is 10.5. The molecule has 1 aromatic heterocycles. The Morgan fingerprint density at radius 3 is 2.59 bits per heavy atom. The molecular formula is C28H37N3O3. The summed E-state index contributed by atoms with van der Waals surface area (Å²) in [7, 11) is 0. The fourth-order valence-corrected chi connectivity index (χ4v) is 5.85. The Morgan fingerprint density at radius 2 is 1.85 bits per heavy atom. The van der Waals surface area contributed by atoms with E-state index < -0.39 is 0 Å². The van der Waals surface area contributed by atoms with E-state index in [2.05, 4.69) is 48.4 Å². The third-order valence-corrected chi connectivity index (χ3v) is 7.71. The molecule has 34 heavy (non-hydrogen) atoms. The van der Waals surface area contributed by atoms with Crippen LogP contribution in [0.5, 0.6) is 0 Å². The molecule has 2 fully saturated rings. The average Bonchev–Trinajstić information content (AvgIpc) is 3.00. The predicted octanol–water partition coefficient (Wildman–Crippen LogP) is 5.67. The van der Waals surface area contributed by atoms with Crippen LogP contribution in [0, 0.1) is 5.92 Å². The molecule has 0 bridgehead atoms. The lowest BCUT2D eigenvalue weighted by Crippen LogP contribution is -2.38. The number of aliphatic hydroxyl groups excluding tert-OH is 1. The highest BCUT2D eigenvalue weighted by molar-refractivity contribution is 5.99. The monoisotopic (exact) mass is 463 g/mol. The van der Waals surface area contributed by atoms with Gasteiger partial charge in [0.25, 0.3) is 0 Å². The first-order chi connectivity index (χ1) is 16.5. The summed E-state index contributed by atoms with van der Waals surface area (Å²) in [6.07, 6.45) is 9.40. The van der Waals surface area contributed by atoms with Gasteiger partial charge in [0.15, 0.2) is 0 Å². The quantitative estimate of drug-likeness (QED) is 0.611. The Kier molecular flexibility index (Phi) is 6.89. The summed E-state index contributed by atoms with van der Waals surface area (Å²) in [5, 5.41) is 13.4. The van der Waals surface area contributed by atoms with Gasteiger partial charge in [-0.25, -0.2) is 4.98 Å². The van der Waals surface area contributed by atoms with Crippen LogP contribution in [-0.4, -0.2) is 34.3 Å². The van der Waals surface area contributed by atoms with E-state index in [4.69, 9.17) is 4.74 Å². The van der Waals surface area contributed by atoms with Crippen LogP contribution in [-0.2, 0) is 16.1 Å². The molecule has 0 spiro atoms. The number of ether oxygens (including phenoxy) is 1. The second-order valence-electron chi connectivity index (χ2n) is 10.5. The highest BCUT2D eigenvalue weighted by atomic mass is 16.5. The van der Waals surface area contributed by atoms with Crippen molar-refractivity contribution in [2.75, 3.05) is 10.2 Å². The van der Waals surface area contributed by atoms with E-state index in [0.29, 0.717) is 12.5 Å². The van der Waals surface area contributed by atoms with Gasteiger partial charge in [0.2, 0.25) is 5.91 Å². The summed E-state index contributed by atoms with van der Waals surface area (Å²) in [6.45, 7) is 4.68. The molecule has 0 unspecified atom stereocenters. The van der Waals surface area contributed by atoms with Gasteiger partial charge in [-0.2, -0.15) is 0 Å². The maximum Gasteiger partial charge on any atom is 0.230 e. The molecule has 0 radical (unpaired) electrons. The fraction of sp³-hybridized carbons (Fsp3) is 0.571. The van der Waals surface area contributed by atoms with Crippen LogP contribution in [0.1, 0.15) is 82.3 Å². The lowest BCUT2D eigenvalue weighted by molar-refractivity contribution is -0.124. The Bertz CT molecular complexity index is 1010. The first-order valence-electron chi connectivity index (χ1n) is 13.0. The Balaban J connectivity index is 1.43. The summed E-state index contributed by atoms with van der Waals surface area (Å²) < 4.78 is 6.02. The topological polar surface area (TPSA) is 74.7 Å². The number of benzene rings is 1. The minimum absolute atomic E-state index is 0.0200. The van der Waals surface area contributed by atoms with Gasteiger partial charge in [0.1, 0.15) is 5.82 Å². The third kappa shape index (κ3) is 4.98. The van der Waals surface area contributed by atoms with Crippen LogP contribution in [0.4, 0.5) is 17.2 Å². The predicted molar refractivity (Wildman–Crippen MR) is 134 cm³/mol. The molecule has 1 amide bonds. The number of carbonyl (C=O) groups excluding carboxylic acids is 1. The van der Waals surface area contributed by atoms with Crippen molar-refractivity contribution in [3.8, 4) is 0 Å². The zero-order valence-electron chi connectivity index (χ0n) is 20.4. The van der Waals surface area contributed by atoms with Crippen molar-refractivity contribution in [3.05, 3.63) is 47.7 Å². The van der Waals surface area contributed by atoms with E-state index in [1.165, 1.54) is 5.56 Å². The molecule has 2 aromatic rings. The number of amides is 1. The highest BCUT2D eigenvalue weighted by Gasteiger charge is 2.34. The summed E-state index contributed by atoms with van der Waals surface area (Å²) in [5.74, 6) is 1.48. The fourth-order valence-electron chi connectivity index (χ4n) is 5.85. The molecule has 2 saturated carbocycles. The third-order valence-electron chi connectivity index (χ3n) is 7.71. The van der Waals surface area contributed by atoms with Crippen LogP contribution in [0.15, 0.2) is 36.5 Å². The molecule has 3 aliphatic rings. The number of pyridine rings is 1. The van der Waals surface area contributed by atoms with Gasteiger partial charge >= 0.3 is 0 Å². The largest absolute Gasteiger partial charge is 0.393 e. The zero-order valence-corrected chi connectivity index (χ0v) is 20.4. The Morgan fingerprint density at radius 1 is 1.09 bits per heavy atom. The zero-order chi connectivity index (χ0) is 23.7. The molecule has 2 N–H and O–H groups in total. The molecule has 6 heteroatoms. The van der Waals surface area contributed by atoms with Gasteiger partial charge in [-0.1, -0.05) is 12.1 Å². The molecule has 1 aromatic carbocycles. The van der Waals surface area contributed by atoms with E-state index in [0.717, 1.165) is 74.1 Å². The van der Waals surface area contributed by atoms with E-state index in [1.807, 2.05) is 11.0 Å². The number of nitrogens with one attached hydrogen (secondary N) is 1. The van der Waals surface area contributed by atoms with E-state index >= 15 is 0 Å². The maximum atomic E-state index is 13.9. The van der Waals surface area contributed by atoms with Crippen molar-refractivity contribution in [3.63, 3.8) is 0 Å². The highest BCUT2D eigenvalue weighted by Crippen LogP contribution is 2.41. The first kappa shape index (κ1) is 23.3. The molecule has 2 heterocycles. The van der Waals surface area contributed by atoms with Crippen molar-refractivity contribution < 1.29 is 14.6 Å². The number of nitrogens with zero attached hydrogens (tertiary/aromatic N) is 2. The molecular weight excluding hydrogens is 426 g/mol. The Hall–Kier alpha value is -2.44. The van der Waals surface area contributed by atoms with Gasteiger partial charge in [0.05, 0.1) is 36.2 Å². The van der Waals surface area contributed by atoms with Crippen molar-refractivity contribution in [2.45, 2.75) is 96.0 Å². The van der Waals surface area contributed by atoms with Crippen LogP contribution in [0.25, 0.3) is 0 Å². The number of fused-ring (bicyclic) bond motifs is 2.